The molecule has 162 valence electrons. The molecule has 1 aliphatic rings. The van der Waals surface area contributed by atoms with Crippen LogP contribution in [0.4, 0.5) is 4.79 Å². The first-order valence-electron chi connectivity index (χ1n) is 9.77. The molecule has 0 atom stereocenters. The van der Waals surface area contributed by atoms with Gasteiger partial charge in [-0.25, -0.2) is 17.5 Å². The molecule has 1 aliphatic heterocycles. The molecular weight excluding hydrogens is 445 g/mol. The van der Waals surface area contributed by atoms with Crippen molar-refractivity contribution in [1.82, 2.24) is 14.1 Å². The molecule has 2 amide bonds. The van der Waals surface area contributed by atoms with E-state index in [2.05, 4.69) is 11.8 Å². The van der Waals surface area contributed by atoms with Gasteiger partial charge in [-0.05, 0) is 43.3 Å². The zero-order chi connectivity index (χ0) is 21.9. The van der Waals surface area contributed by atoms with Crippen LogP contribution in [-0.2, 0) is 16.6 Å². The zero-order valence-corrected chi connectivity index (χ0v) is 19.3. The number of rotatable bonds is 5. The van der Waals surface area contributed by atoms with E-state index in [4.69, 9.17) is 23.2 Å². The van der Waals surface area contributed by atoms with Crippen LogP contribution in [-0.4, -0.2) is 61.3 Å². The van der Waals surface area contributed by atoms with Crippen molar-refractivity contribution in [2.45, 2.75) is 25.3 Å². The van der Waals surface area contributed by atoms with Crippen LogP contribution in [0.15, 0.2) is 47.4 Å². The molecule has 0 N–H and O–H groups in total. The van der Waals surface area contributed by atoms with Gasteiger partial charge >= 0.3 is 6.03 Å². The first-order valence-corrected chi connectivity index (χ1v) is 12.0. The average Bonchev–Trinajstić information content (AvgIpc) is 2.74. The fourth-order valence-corrected chi connectivity index (χ4v) is 5.01. The molecule has 30 heavy (non-hydrogen) atoms. The molecule has 9 heteroatoms. The van der Waals surface area contributed by atoms with E-state index in [1.165, 1.54) is 12.1 Å². The van der Waals surface area contributed by atoms with Gasteiger partial charge in [0.15, 0.2) is 0 Å². The van der Waals surface area contributed by atoms with Gasteiger partial charge in [-0.2, -0.15) is 0 Å². The predicted molar refractivity (Wildman–Crippen MR) is 119 cm³/mol. The Morgan fingerprint density at radius 2 is 1.63 bits per heavy atom. The molecular formula is C21H25Cl2N3O3S. The number of piperazine rings is 1. The van der Waals surface area contributed by atoms with Gasteiger partial charge in [-0.3, -0.25) is 0 Å². The molecule has 1 fully saturated rings. The summed E-state index contributed by atoms with van der Waals surface area (Å²) >= 11 is 12.1. The highest BCUT2D eigenvalue weighted by molar-refractivity contribution is 7.89. The molecule has 1 saturated heterocycles. The van der Waals surface area contributed by atoms with Gasteiger partial charge in [0.25, 0.3) is 10.0 Å². The van der Waals surface area contributed by atoms with Crippen molar-refractivity contribution in [2.75, 3.05) is 32.7 Å². The third-order valence-electron chi connectivity index (χ3n) is 5.22. The minimum Gasteiger partial charge on any atom is -0.321 e. The van der Waals surface area contributed by atoms with E-state index in [1.54, 1.807) is 35.2 Å². The highest BCUT2D eigenvalue weighted by Crippen LogP contribution is 2.26. The van der Waals surface area contributed by atoms with E-state index >= 15 is 0 Å². The number of halogens is 2. The molecule has 2 aromatic carbocycles. The van der Waals surface area contributed by atoms with E-state index in [0.29, 0.717) is 41.8 Å². The Morgan fingerprint density at radius 1 is 1.00 bits per heavy atom. The van der Waals surface area contributed by atoms with Gasteiger partial charge in [0.05, 0.1) is 21.5 Å². The van der Waals surface area contributed by atoms with Gasteiger partial charge in [0.2, 0.25) is 0 Å². The maximum atomic E-state index is 13.4. The van der Waals surface area contributed by atoms with Gasteiger partial charge in [0, 0.05) is 26.2 Å². The number of urea groups is 1. The summed E-state index contributed by atoms with van der Waals surface area (Å²) in [5.74, 6) is 0. The molecule has 3 rings (SSSR count). The molecule has 1 heterocycles. The maximum Gasteiger partial charge on any atom is 0.334 e. The monoisotopic (exact) mass is 469 g/mol. The largest absolute Gasteiger partial charge is 0.334 e. The van der Waals surface area contributed by atoms with Crippen molar-refractivity contribution in [2.24, 2.45) is 0 Å². The van der Waals surface area contributed by atoms with E-state index in [9.17, 15) is 13.2 Å². The van der Waals surface area contributed by atoms with Crippen LogP contribution in [0.25, 0.3) is 0 Å². The summed E-state index contributed by atoms with van der Waals surface area (Å²) in [6, 6.07) is 10.8. The minimum atomic E-state index is -4.05. The van der Waals surface area contributed by atoms with E-state index in [1.807, 2.05) is 6.92 Å². The van der Waals surface area contributed by atoms with Crippen LogP contribution in [0, 0.1) is 6.92 Å². The molecule has 0 aromatic heterocycles. The van der Waals surface area contributed by atoms with Crippen LogP contribution in [0.1, 0.15) is 18.1 Å². The van der Waals surface area contributed by atoms with Gasteiger partial charge in [-0.1, -0.05) is 53.9 Å². The SMILES string of the molecule is CCN1CCN(C(=O)N(Cc2ccc(Cl)c(Cl)c2)S(=O)(=O)c2ccc(C)cc2)CC1. The number of nitrogens with zero attached hydrogens (tertiary/aromatic N) is 3. The quantitative estimate of drug-likeness (QED) is 0.656. The molecule has 0 saturated carbocycles. The average molecular weight is 470 g/mol. The molecule has 6 nitrogen and oxygen atoms in total. The Morgan fingerprint density at radius 3 is 2.20 bits per heavy atom. The number of benzene rings is 2. The first kappa shape index (κ1) is 22.9. The van der Waals surface area contributed by atoms with Crippen molar-refractivity contribution in [3.8, 4) is 0 Å². The summed E-state index contributed by atoms with van der Waals surface area (Å²) in [6.45, 7) is 7.11. The lowest BCUT2D eigenvalue weighted by Crippen LogP contribution is -2.53. The van der Waals surface area contributed by atoms with Gasteiger partial charge in [-0.15, -0.1) is 0 Å². The second kappa shape index (κ2) is 9.56. The van der Waals surface area contributed by atoms with E-state index in [0.717, 1.165) is 16.4 Å². The first-order chi connectivity index (χ1) is 14.2. The summed E-state index contributed by atoms with van der Waals surface area (Å²) in [6.07, 6.45) is 0. The van der Waals surface area contributed by atoms with Crippen LogP contribution in [0.2, 0.25) is 10.0 Å². The standard InChI is InChI=1S/C21H25Cl2N3O3S/c1-3-24-10-12-25(13-11-24)21(27)26(15-17-6-9-19(22)20(23)14-17)30(28,29)18-7-4-16(2)5-8-18/h4-9,14H,3,10-13,15H2,1-2H3. The van der Waals surface area contributed by atoms with Crippen molar-refractivity contribution in [3.05, 3.63) is 63.6 Å². The number of sulfonamides is 1. The summed E-state index contributed by atoms with van der Waals surface area (Å²) in [5.41, 5.74) is 1.52. The van der Waals surface area contributed by atoms with Crippen LogP contribution in [0.5, 0.6) is 0 Å². The number of carbonyl (C=O) groups is 1. The van der Waals surface area contributed by atoms with Gasteiger partial charge < -0.3 is 9.80 Å². The lowest BCUT2D eigenvalue weighted by atomic mass is 10.2. The maximum absolute atomic E-state index is 13.4. The number of aryl methyl sites for hydroxylation is 1. The van der Waals surface area contributed by atoms with Crippen LogP contribution >= 0.6 is 23.2 Å². The van der Waals surface area contributed by atoms with Crippen LogP contribution < -0.4 is 0 Å². The number of likely N-dealkylation sites (N-methyl/N-ethyl adjacent to an activating group) is 1. The zero-order valence-electron chi connectivity index (χ0n) is 17.0. The van der Waals surface area contributed by atoms with Crippen molar-refractivity contribution in [3.63, 3.8) is 0 Å². The predicted octanol–water partition coefficient (Wildman–Crippen LogP) is 4.25. The summed E-state index contributed by atoms with van der Waals surface area (Å²) in [7, 11) is -4.05. The molecule has 0 radical (unpaired) electrons. The van der Waals surface area contributed by atoms with Crippen molar-refractivity contribution < 1.29 is 13.2 Å². The Kier molecular flexibility index (Phi) is 7.29. The second-order valence-electron chi connectivity index (χ2n) is 7.28. The molecule has 0 unspecified atom stereocenters. The molecule has 2 aromatic rings. The number of hydrogen-bond donors (Lipinski definition) is 0. The number of carbonyl (C=O) groups excluding carboxylic acids is 1. The number of hydrogen-bond acceptors (Lipinski definition) is 4. The smallest absolute Gasteiger partial charge is 0.321 e. The third kappa shape index (κ3) is 5.09. The van der Waals surface area contributed by atoms with E-state index < -0.39 is 16.1 Å². The van der Waals surface area contributed by atoms with Crippen molar-refractivity contribution >= 4 is 39.3 Å². The Balaban J connectivity index is 1.94. The summed E-state index contributed by atoms with van der Waals surface area (Å²) < 4.78 is 27.8. The normalized spacial score (nSPS) is 15.3. The van der Waals surface area contributed by atoms with Gasteiger partial charge in [0.1, 0.15) is 0 Å². The minimum absolute atomic E-state index is 0.0775. The fourth-order valence-electron chi connectivity index (χ4n) is 3.31. The third-order valence-corrected chi connectivity index (χ3v) is 7.70. The lowest BCUT2D eigenvalue weighted by molar-refractivity contribution is 0.129. The molecule has 0 bridgehead atoms. The highest BCUT2D eigenvalue weighted by Gasteiger charge is 2.34. The second-order valence-corrected chi connectivity index (χ2v) is 9.95. The number of amides is 2. The fraction of sp³-hybridized carbons (Fsp3) is 0.381. The molecule has 0 spiro atoms. The van der Waals surface area contributed by atoms with Crippen molar-refractivity contribution in [1.29, 1.82) is 0 Å². The Hall–Kier alpha value is -1.80. The Bertz CT molecular complexity index is 1000. The van der Waals surface area contributed by atoms with E-state index in [-0.39, 0.29) is 11.4 Å². The summed E-state index contributed by atoms with van der Waals surface area (Å²) in [4.78, 5) is 17.2. The topological polar surface area (TPSA) is 60.9 Å². The highest BCUT2D eigenvalue weighted by atomic mass is 35.5. The Labute approximate surface area is 188 Å². The van der Waals surface area contributed by atoms with Crippen LogP contribution in [0.3, 0.4) is 0 Å². The molecule has 0 aliphatic carbocycles. The lowest BCUT2D eigenvalue weighted by Gasteiger charge is -2.36. The summed E-state index contributed by atoms with van der Waals surface area (Å²) in [5, 5.41) is 0.682.